The van der Waals surface area contributed by atoms with Gasteiger partial charge in [-0.25, -0.2) is 0 Å². The minimum Gasteiger partial charge on any atom is -0.376 e. The van der Waals surface area contributed by atoms with Gasteiger partial charge in [0.15, 0.2) is 0 Å². The second kappa shape index (κ2) is 6.86. The molecule has 2 heteroatoms. The molecule has 1 unspecified atom stereocenters. The summed E-state index contributed by atoms with van der Waals surface area (Å²) in [4.78, 5) is 0. The number of hydrogen-bond donors (Lipinski definition) is 0. The first-order valence-electron chi connectivity index (χ1n) is 5.41. The Balaban J connectivity index is 2.27. The van der Waals surface area contributed by atoms with Gasteiger partial charge in [-0.15, -0.1) is 11.6 Å². The van der Waals surface area contributed by atoms with Crippen LogP contribution in [-0.4, -0.2) is 12.5 Å². The summed E-state index contributed by atoms with van der Waals surface area (Å²) in [5, 5.41) is 0. The lowest BCUT2D eigenvalue weighted by Gasteiger charge is -2.17. The van der Waals surface area contributed by atoms with Crippen molar-refractivity contribution in [2.45, 2.75) is 20.5 Å². The summed E-state index contributed by atoms with van der Waals surface area (Å²) >= 11 is 5.86. The van der Waals surface area contributed by atoms with Crippen LogP contribution in [0, 0.1) is 11.8 Å². The highest BCUT2D eigenvalue weighted by Gasteiger charge is 2.11. The zero-order valence-corrected chi connectivity index (χ0v) is 10.2. The summed E-state index contributed by atoms with van der Waals surface area (Å²) in [7, 11) is 0. The van der Waals surface area contributed by atoms with E-state index in [1.54, 1.807) is 0 Å². The van der Waals surface area contributed by atoms with Gasteiger partial charge >= 0.3 is 0 Å². The van der Waals surface area contributed by atoms with Crippen LogP contribution in [0.15, 0.2) is 30.3 Å². The van der Waals surface area contributed by atoms with Gasteiger partial charge in [0.25, 0.3) is 0 Å². The van der Waals surface area contributed by atoms with E-state index in [-0.39, 0.29) is 0 Å². The number of hydrogen-bond acceptors (Lipinski definition) is 1. The van der Waals surface area contributed by atoms with E-state index in [1.807, 2.05) is 18.2 Å². The molecule has 1 aromatic carbocycles. The van der Waals surface area contributed by atoms with E-state index < -0.39 is 0 Å². The van der Waals surface area contributed by atoms with Gasteiger partial charge in [0, 0.05) is 5.88 Å². The summed E-state index contributed by atoms with van der Waals surface area (Å²) in [6.45, 7) is 5.79. The molecule has 15 heavy (non-hydrogen) atoms. The molecule has 0 fully saturated rings. The molecular formula is C13H19ClO. The van der Waals surface area contributed by atoms with Crippen LogP contribution in [0.3, 0.4) is 0 Å². The maximum atomic E-state index is 5.86. The number of benzene rings is 1. The Morgan fingerprint density at radius 3 is 2.40 bits per heavy atom. The fourth-order valence-electron chi connectivity index (χ4n) is 1.32. The van der Waals surface area contributed by atoms with Crippen molar-refractivity contribution >= 4 is 11.6 Å². The molecule has 0 aliphatic carbocycles. The van der Waals surface area contributed by atoms with E-state index in [0.29, 0.717) is 24.3 Å². The van der Waals surface area contributed by atoms with Gasteiger partial charge in [-0.05, 0) is 17.4 Å². The lowest BCUT2D eigenvalue weighted by atomic mass is 9.99. The normalized spacial score (nSPS) is 13.1. The van der Waals surface area contributed by atoms with Gasteiger partial charge in [-0.2, -0.15) is 0 Å². The molecule has 0 spiro atoms. The summed E-state index contributed by atoms with van der Waals surface area (Å²) < 4.78 is 5.65. The zero-order chi connectivity index (χ0) is 11.1. The second-order valence-corrected chi connectivity index (χ2v) is 4.47. The van der Waals surface area contributed by atoms with Crippen LogP contribution in [0.25, 0.3) is 0 Å². The lowest BCUT2D eigenvalue weighted by Crippen LogP contribution is -2.17. The third-order valence-electron chi connectivity index (χ3n) is 2.58. The van der Waals surface area contributed by atoms with Crippen LogP contribution in [0.4, 0.5) is 0 Å². The molecule has 0 bridgehead atoms. The van der Waals surface area contributed by atoms with Gasteiger partial charge in [0.2, 0.25) is 0 Å². The first-order valence-corrected chi connectivity index (χ1v) is 5.95. The van der Waals surface area contributed by atoms with E-state index in [0.717, 1.165) is 6.61 Å². The minimum atomic E-state index is 0.454. The summed E-state index contributed by atoms with van der Waals surface area (Å²) in [5.41, 5.74) is 1.22. The van der Waals surface area contributed by atoms with Gasteiger partial charge < -0.3 is 4.74 Å². The summed E-state index contributed by atoms with van der Waals surface area (Å²) in [6, 6.07) is 10.2. The fourth-order valence-corrected chi connectivity index (χ4v) is 1.76. The van der Waals surface area contributed by atoms with Gasteiger partial charge in [-0.3, -0.25) is 0 Å². The highest BCUT2D eigenvalue weighted by molar-refractivity contribution is 6.18. The maximum Gasteiger partial charge on any atom is 0.0717 e. The van der Waals surface area contributed by atoms with Crippen LogP contribution in [0.5, 0.6) is 0 Å². The number of ether oxygens (including phenoxy) is 1. The van der Waals surface area contributed by atoms with Crippen molar-refractivity contribution in [1.29, 1.82) is 0 Å². The van der Waals surface area contributed by atoms with Crippen LogP contribution < -0.4 is 0 Å². The maximum absolute atomic E-state index is 5.86. The average Bonchev–Trinajstić information content (AvgIpc) is 2.25. The predicted octanol–water partition coefficient (Wildman–Crippen LogP) is 3.71. The SMILES string of the molecule is CC(C)C(CCl)COCc1ccccc1. The largest absolute Gasteiger partial charge is 0.376 e. The number of rotatable bonds is 6. The molecule has 0 aliphatic heterocycles. The van der Waals surface area contributed by atoms with Gasteiger partial charge in [-0.1, -0.05) is 44.2 Å². The Kier molecular flexibility index (Phi) is 5.74. The van der Waals surface area contributed by atoms with Crippen LogP contribution in [0.1, 0.15) is 19.4 Å². The van der Waals surface area contributed by atoms with Crippen molar-refractivity contribution in [3.05, 3.63) is 35.9 Å². The highest BCUT2D eigenvalue weighted by atomic mass is 35.5. The first kappa shape index (κ1) is 12.5. The van der Waals surface area contributed by atoms with Crippen molar-refractivity contribution in [2.24, 2.45) is 11.8 Å². The molecule has 84 valence electrons. The quantitative estimate of drug-likeness (QED) is 0.672. The Morgan fingerprint density at radius 2 is 1.87 bits per heavy atom. The van der Waals surface area contributed by atoms with E-state index in [9.17, 15) is 0 Å². The monoisotopic (exact) mass is 226 g/mol. The molecule has 0 N–H and O–H groups in total. The van der Waals surface area contributed by atoms with Crippen molar-refractivity contribution in [1.82, 2.24) is 0 Å². The van der Waals surface area contributed by atoms with Crippen LogP contribution in [0.2, 0.25) is 0 Å². The van der Waals surface area contributed by atoms with E-state index >= 15 is 0 Å². The summed E-state index contributed by atoms with van der Waals surface area (Å²) in [5.74, 6) is 1.71. The Morgan fingerprint density at radius 1 is 1.20 bits per heavy atom. The predicted molar refractivity (Wildman–Crippen MR) is 65.1 cm³/mol. The molecule has 0 saturated heterocycles. The van der Waals surface area contributed by atoms with E-state index in [1.165, 1.54) is 5.56 Å². The first-order chi connectivity index (χ1) is 7.24. The molecule has 0 aromatic heterocycles. The van der Waals surface area contributed by atoms with Gasteiger partial charge in [0.1, 0.15) is 0 Å². The molecular weight excluding hydrogens is 208 g/mol. The van der Waals surface area contributed by atoms with Gasteiger partial charge in [0.05, 0.1) is 13.2 Å². The Hall–Kier alpha value is -0.530. The summed E-state index contributed by atoms with van der Waals surface area (Å²) in [6.07, 6.45) is 0. The molecule has 1 nitrogen and oxygen atoms in total. The molecule has 0 amide bonds. The smallest absolute Gasteiger partial charge is 0.0717 e. The van der Waals surface area contributed by atoms with Crippen LogP contribution in [-0.2, 0) is 11.3 Å². The Labute approximate surface area is 97.4 Å². The topological polar surface area (TPSA) is 9.23 Å². The number of alkyl halides is 1. The van der Waals surface area contributed by atoms with Crippen molar-refractivity contribution in [3.8, 4) is 0 Å². The van der Waals surface area contributed by atoms with Crippen molar-refractivity contribution < 1.29 is 4.74 Å². The molecule has 0 aliphatic rings. The fraction of sp³-hybridized carbons (Fsp3) is 0.538. The third-order valence-corrected chi connectivity index (χ3v) is 2.98. The Bertz CT molecular complexity index is 258. The molecule has 0 radical (unpaired) electrons. The molecule has 1 atom stereocenters. The lowest BCUT2D eigenvalue weighted by molar-refractivity contribution is 0.0792. The highest BCUT2D eigenvalue weighted by Crippen LogP contribution is 2.13. The third kappa shape index (κ3) is 4.67. The zero-order valence-electron chi connectivity index (χ0n) is 9.45. The number of halogens is 1. The molecule has 0 saturated carbocycles. The standard InChI is InChI=1S/C13H19ClO/c1-11(2)13(8-14)10-15-9-12-6-4-3-5-7-12/h3-7,11,13H,8-10H2,1-2H3. The second-order valence-electron chi connectivity index (χ2n) is 4.16. The minimum absolute atomic E-state index is 0.454. The van der Waals surface area contributed by atoms with E-state index in [4.69, 9.17) is 16.3 Å². The van der Waals surface area contributed by atoms with Crippen LogP contribution >= 0.6 is 11.6 Å². The molecule has 0 heterocycles. The molecule has 1 aromatic rings. The van der Waals surface area contributed by atoms with Crippen molar-refractivity contribution in [3.63, 3.8) is 0 Å². The van der Waals surface area contributed by atoms with E-state index in [2.05, 4.69) is 26.0 Å². The average molecular weight is 227 g/mol. The van der Waals surface area contributed by atoms with Crippen molar-refractivity contribution in [2.75, 3.05) is 12.5 Å². The molecule has 1 rings (SSSR count).